The van der Waals surface area contributed by atoms with E-state index < -0.39 is 40.9 Å². The van der Waals surface area contributed by atoms with Gasteiger partial charge in [-0.25, -0.2) is 4.90 Å². The first kappa shape index (κ1) is 31.0. The van der Waals surface area contributed by atoms with E-state index >= 15 is 4.79 Å². The first-order chi connectivity index (χ1) is 24.3. The van der Waals surface area contributed by atoms with Crippen molar-refractivity contribution in [2.45, 2.75) is 30.7 Å². The lowest BCUT2D eigenvalue weighted by Crippen LogP contribution is -2.53. The number of nitrogens with zero attached hydrogens (tertiary/aromatic N) is 2. The summed E-state index contributed by atoms with van der Waals surface area (Å²) in [6.07, 6.45) is 2.54. The number of benzene rings is 4. The number of aromatic hydroxyl groups is 1. The fourth-order valence-corrected chi connectivity index (χ4v) is 10.2. The van der Waals surface area contributed by atoms with Crippen LogP contribution in [0.4, 0.5) is 5.69 Å². The van der Waals surface area contributed by atoms with E-state index in [0.717, 1.165) is 15.8 Å². The molecule has 2 saturated heterocycles. The second kappa shape index (κ2) is 11.5. The predicted octanol–water partition coefficient (Wildman–Crippen LogP) is 7.62. The molecule has 4 aromatic carbocycles. The first-order valence-corrected chi connectivity index (χ1v) is 18.0. The standard InChI is InChI=1S/C41H31ClN2O5S/c42-25-11-6-12-26(20-25)44-38(47)33-21-32-29(17-18-30-34(32)39(48)43(37(30)46)22-27-13-7-19-50-27)35(41(33,40(44)49)24-9-2-1-3-10-24)31-16-15-23-8-4-5-14-28(23)36(31)45/h1-17,19-20,30,32-35,45H,18,21-22H2/t30-,32+,33-,34-,35+,41+/m0/s1. The number of amides is 4. The third-order valence-electron chi connectivity index (χ3n) is 11.4. The highest BCUT2D eigenvalue weighted by Crippen LogP contribution is 2.65. The van der Waals surface area contributed by atoms with Crippen LogP contribution in [0.25, 0.3) is 10.8 Å². The van der Waals surface area contributed by atoms with E-state index in [2.05, 4.69) is 0 Å². The Morgan fingerprint density at radius 2 is 1.62 bits per heavy atom. The van der Waals surface area contributed by atoms with Gasteiger partial charge in [0.25, 0.3) is 0 Å². The van der Waals surface area contributed by atoms with E-state index in [-0.39, 0.29) is 36.4 Å². The zero-order valence-electron chi connectivity index (χ0n) is 26.7. The maximum Gasteiger partial charge on any atom is 0.246 e. The van der Waals surface area contributed by atoms with Crippen LogP contribution >= 0.6 is 22.9 Å². The Labute approximate surface area is 297 Å². The molecule has 9 heteroatoms. The van der Waals surface area contributed by atoms with Gasteiger partial charge in [-0.15, -0.1) is 11.3 Å². The average molecular weight is 699 g/mol. The summed E-state index contributed by atoms with van der Waals surface area (Å²) in [4.78, 5) is 62.2. The quantitative estimate of drug-likeness (QED) is 0.151. The molecule has 50 heavy (non-hydrogen) atoms. The van der Waals surface area contributed by atoms with Crippen LogP contribution in [0.15, 0.2) is 120 Å². The highest BCUT2D eigenvalue weighted by atomic mass is 35.5. The number of rotatable bonds is 5. The van der Waals surface area contributed by atoms with Gasteiger partial charge >= 0.3 is 0 Å². The molecular weight excluding hydrogens is 668 g/mol. The van der Waals surface area contributed by atoms with Gasteiger partial charge < -0.3 is 5.11 Å². The van der Waals surface area contributed by atoms with Crippen molar-refractivity contribution in [1.82, 2.24) is 4.90 Å². The minimum atomic E-state index is -1.46. The van der Waals surface area contributed by atoms with Crippen LogP contribution in [0.5, 0.6) is 5.75 Å². The average Bonchev–Trinajstić information content (AvgIpc) is 3.80. The molecule has 2 aliphatic heterocycles. The molecule has 4 amide bonds. The van der Waals surface area contributed by atoms with Crippen molar-refractivity contribution < 1.29 is 24.3 Å². The number of carbonyl (C=O) groups excluding carboxylic acids is 4. The zero-order valence-corrected chi connectivity index (χ0v) is 28.3. The highest BCUT2D eigenvalue weighted by Gasteiger charge is 2.70. The zero-order chi connectivity index (χ0) is 34.3. The molecule has 6 atom stereocenters. The van der Waals surface area contributed by atoms with Crippen molar-refractivity contribution in [3.05, 3.63) is 141 Å². The molecule has 9 rings (SSSR count). The second-order valence-electron chi connectivity index (χ2n) is 13.7. The van der Waals surface area contributed by atoms with Crippen LogP contribution in [-0.2, 0) is 31.1 Å². The lowest BCUT2D eigenvalue weighted by molar-refractivity contribution is -0.141. The van der Waals surface area contributed by atoms with Gasteiger partial charge in [-0.2, -0.15) is 0 Å². The van der Waals surface area contributed by atoms with E-state index in [1.807, 2.05) is 90.3 Å². The van der Waals surface area contributed by atoms with E-state index in [9.17, 15) is 19.5 Å². The molecule has 0 bridgehead atoms. The summed E-state index contributed by atoms with van der Waals surface area (Å²) in [7, 11) is 0. The number of thiophene rings is 1. The van der Waals surface area contributed by atoms with Gasteiger partial charge in [0.2, 0.25) is 23.6 Å². The number of allylic oxidation sites excluding steroid dienone is 2. The largest absolute Gasteiger partial charge is 0.507 e. The topological polar surface area (TPSA) is 95.0 Å². The number of fused-ring (bicyclic) bond motifs is 5. The van der Waals surface area contributed by atoms with Crippen LogP contribution < -0.4 is 4.90 Å². The maximum absolute atomic E-state index is 15.4. The molecule has 1 N–H and O–H groups in total. The molecule has 0 spiro atoms. The van der Waals surface area contributed by atoms with Gasteiger partial charge in [-0.3, -0.25) is 24.1 Å². The van der Waals surface area contributed by atoms with Crippen LogP contribution in [0.1, 0.15) is 34.8 Å². The van der Waals surface area contributed by atoms with Crippen molar-refractivity contribution in [2.75, 3.05) is 4.90 Å². The number of anilines is 1. The molecule has 3 fully saturated rings. The summed E-state index contributed by atoms with van der Waals surface area (Å²) in [5, 5.41) is 15.9. The third kappa shape index (κ3) is 4.28. The molecule has 248 valence electrons. The molecule has 7 nitrogen and oxygen atoms in total. The van der Waals surface area contributed by atoms with Crippen molar-refractivity contribution in [1.29, 1.82) is 0 Å². The van der Waals surface area contributed by atoms with Crippen LogP contribution in [0.3, 0.4) is 0 Å². The van der Waals surface area contributed by atoms with Gasteiger partial charge in [-0.05, 0) is 59.4 Å². The van der Waals surface area contributed by atoms with E-state index in [0.29, 0.717) is 33.6 Å². The maximum atomic E-state index is 15.4. The predicted molar refractivity (Wildman–Crippen MR) is 192 cm³/mol. The smallest absolute Gasteiger partial charge is 0.246 e. The molecule has 1 saturated carbocycles. The first-order valence-electron chi connectivity index (χ1n) is 16.8. The van der Waals surface area contributed by atoms with E-state index in [4.69, 9.17) is 11.6 Å². The van der Waals surface area contributed by atoms with Gasteiger partial charge in [0.15, 0.2) is 0 Å². The summed E-state index contributed by atoms with van der Waals surface area (Å²) in [6.45, 7) is 0.205. The number of likely N-dealkylation sites (tertiary alicyclic amines) is 1. The number of hydrogen-bond acceptors (Lipinski definition) is 6. The number of halogens is 1. The molecule has 3 heterocycles. The Morgan fingerprint density at radius 1 is 0.820 bits per heavy atom. The van der Waals surface area contributed by atoms with Crippen molar-refractivity contribution >= 4 is 63.0 Å². The van der Waals surface area contributed by atoms with Gasteiger partial charge in [0.05, 0.1) is 35.4 Å². The van der Waals surface area contributed by atoms with Crippen molar-refractivity contribution in [2.24, 2.45) is 23.7 Å². The summed E-state index contributed by atoms with van der Waals surface area (Å²) in [6, 6.07) is 31.2. The fourth-order valence-electron chi connectivity index (χ4n) is 9.37. The third-order valence-corrected chi connectivity index (χ3v) is 12.5. The Kier molecular flexibility index (Phi) is 7.13. The SMILES string of the molecule is O=C1[C@H]2[C@H](CC=C3[C@H]2C[C@H]2C(=O)N(c4cccc(Cl)c4)C(=O)[C@@]2(c2ccccc2)[C@H]3c2ccc3ccccc3c2O)C(=O)N1Cc1cccs1. The Bertz CT molecular complexity index is 2270. The van der Waals surface area contributed by atoms with Gasteiger partial charge in [-0.1, -0.05) is 102 Å². The normalized spacial score (nSPS) is 27.4. The number of carbonyl (C=O) groups is 4. The molecule has 2 aliphatic carbocycles. The van der Waals surface area contributed by atoms with Crippen LogP contribution in [0.2, 0.25) is 5.02 Å². The Balaban J connectivity index is 1.29. The molecule has 1 aromatic heterocycles. The monoisotopic (exact) mass is 698 g/mol. The highest BCUT2D eigenvalue weighted by molar-refractivity contribution is 7.09. The summed E-state index contributed by atoms with van der Waals surface area (Å²) < 4.78 is 0. The Morgan fingerprint density at radius 3 is 2.40 bits per heavy atom. The molecule has 5 aromatic rings. The Hall–Kier alpha value is -5.05. The molecule has 0 radical (unpaired) electrons. The number of hydrogen-bond donors (Lipinski definition) is 1. The van der Waals surface area contributed by atoms with Gasteiger partial charge in [0, 0.05) is 26.8 Å². The number of phenols is 1. The van der Waals surface area contributed by atoms with Crippen LogP contribution in [0, 0.1) is 23.7 Å². The lowest BCUT2D eigenvalue weighted by Gasteiger charge is -2.50. The minimum absolute atomic E-state index is 0.0282. The molecule has 0 unspecified atom stereocenters. The second-order valence-corrected chi connectivity index (χ2v) is 15.1. The fraction of sp³-hybridized carbons (Fsp3) is 0.220. The van der Waals surface area contributed by atoms with E-state index in [1.165, 1.54) is 21.1 Å². The summed E-state index contributed by atoms with van der Waals surface area (Å²) in [5.41, 5.74) is 0.874. The summed E-state index contributed by atoms with van der Waals surface area (Å²) >= 11 is 7.91. The van der Waals surface area contributed by atoms with Crippen molar-refractivity contribution in [3.8, 4) is 5.75 Å². The van der Waals surface area contributed by atoms with E-state index in [1.54, 1.807) is 24.3 Å². The number of phenolic OH excluding ortho intramolecular Hbond substituents is 1. The number of imide groups is 2. The van der Waals surface area contributed by atoms with Gasteiger partial charge in [0.1, 0.15) is 5.75 Å². The molecular formula is C41H31ClN2O5S. The molecule has 4 aliphatic rings. The van der Waals surface area contributed by atoms with Crippen molar-refractivity contribution in [3.63, 3.8) is 0 Å². The summed E-state index contributed by atoms with van der Waals surface area (Å²) in [5.74, 6) is -4.70. The lowest BCUT2D eigenvalue weighted by atomic mass is 9.49. The van der Waals surface area contributed by atoms with Crippen LogP contribution in [-0.4, -0.2) is 33.6 Å². The minimum Gasteiger partial charge on any atom is -0.507 e.